The van der Waals surface area contributed by atoms with Crippen molar-refractivity contribution in [2.75, 3.05) is 0 Å². The Morgan fingerprint density at radius 2 is 2.04 bits per heavy atom. The van der Waals surface area contributed by atoms with Crippen molar-refractivity contribution in [2.24, 2.45) is 0 Å². The average Bonchev–Trinajstić information content (AvgIpc) is 3.29. The molecule has 0 spiro atoms. The predicted molar refractivity (Wildman–Crippen MR) is 110 cm³/mol. The number of ether oxygens (including phenoxy) is 1. The van der Waals surface area contributed by atoms with Gasteiger partial charge in [0.05, 0.1) is 17.8 Å². The topological polar surface area (TPSA) is 53.2 Å². The van der Waals surface area contributed by atoms with Crippen LogP contribution in [0.4, 0.5) is 0 Å². The van der Waals surface area contributed by atoms with Gasteiger partial charge < -0.3 is 9.84 Å². The molecule has 1 heterocycles. The molecule has 0 radical (unpaired) electrons. The van der Waals surface area contributed by atoms with Crippen molar-refractivity contribution in [1.29, 1.82) is 5.26 Å². The first-order valence-electron chi connectivity index (χ1n) is 9.42. The highest BCUT2D eigenvalue weighted by molar-refractivity contribution is 8.02. The first kappa shape index (κ1) is 18.2. The Hall–Kier alpha value is -2.22. The van der Waals surface area contributed by atoms with Crippen LogP contribution in [0.25, 0.3) is 5.57 Å². The zero-order valence-corrected chi connectivity index (χ0v) is 16.4. The Kier molecular flexibility index (Phi) is 4.99. The van der Waals surface area contributed by atoms with E-state index < -0.39 is 0 Å². The van der Waals surface area contributed by atoms with Gasteiger partial charge in [-0.2, -0.15) is 5.26 Å². The first-order chi connectivity index (χ1) is 13.1. The molecule has 2 aliphatic rings. The lowest BCUT2D eigenvalue weighted by molar-refractivity contribution is 0.180. The third kappa shape index (κ3) is 3.50. The van der Waals surface area contributed by atoms with Crippen molar-refractivity contribution < 1.29 is 9.84 Å². The summed E-state index contributed by atoms with van der Waals surface area (Å²) in [6, 6.07) is 14.5. The maximum absolute atomic E-state index is 10.2. The van der Waals surface area contributed by atoms with E-state index in [0.29, 0.717) is 16.6 Å². The van der Waals surface area contributed by atoms with Crippen LogP contribution in [0.2, 0.25) is 0 Å². The fraction of sp³-hybridized carbons (Fsp3) is 0.348. The Morgan fingerprint density at radius 3 is 2.81 bits per heavy atom. The monoisotopic (exact) mass is 377 g/mol. The minimum Gasteiger partial charge on any atom is -0.490 e. The largest absolute Gasteiger partial charge is 0.490 e. The highest BCUT2D eigenvalue weighted by atomic mass is 32.2. The van der Waals surface area contributed by atoms with E-state index in [-0.39, 0.29) is 12.2 Å². The van der Waals surface area contributed by atoms with E-state index in [1.165, 1.54) is 16.7 Å². The summed E-state index contributed by atoms with van der Waals surface area (Å²) in [6.07, 6.45) is 2.45. The minimum atomic E-state index is -0.314. The van der Waals surface area contributed by atoms with Gasteiger partial charge in [-0.15, -0.1) is 11.8 Å². The van der Waals surface area contributed by atoms with Crippen molar-refractivity contribution in [2.45, 2.75) is 50.6 Å². The number of benzene rings is 2. The van der Waals surface area contributed by atoms with Gasteiger partial charge in [0, 0.05) is 5.25 Å². The number of fused-ring (bicyclic) bond motifs is 1. The molecular formula is C23H23NO2S. The number of nitrogens with zero attached hydrogens (tertiary/aromatic N) is 1. The molecule has 2 aromatic rings. The molecule has 2 atom stereocenters. The van der Waals surface area contributed by atoms with Gasteiger partial charge in [-0.25, -0.2) is 0 Å². The first-order valence-corrected chi connectivity index (χ1v) is 10.4. The molecule has 4 heteroatoms. The molecule has 0 bridgehead atoms. The molecule has 4 rings (SSSR count). The second kappa shape index (κ2) is 7.42. The second-order valence-electron chi connectivity index (χ2n) is 7.43. The standard InChI is InChI=1S/C23H23NO2S/c1-14(2)26-22-9-6-15(10-16(22)12-24)17-11-23(27-13-17)20-5-3-4-19-18(20)7-8-21(19)25/h3-6,9-10,13-14,21,23,25H,7-8,11H2,1-2H3. The molecule has 0 fully saturated rings. The normalized spacial score (nSPS) is 21.1. The molecule has 2 unspecified atom stereocenters. The van der Waals surface area contributed by atoms with Gasteiger partial charge in [-0.3, -0.25) is 0 Å². The number of hydrogen-bond acceptors (Lipinski definition) is 4. The molecular weight excluding hydrogens is 354 g/mol. The summed E-state index contributed by atoms with van der Waals surface area (Å²) in [5.74, 6) is 0.647. The quantitative estimate of drug-likeness (QED) is 0.759. The summed E-state index contributed by atoms with van der Waals surface area (Å²) in [5, 5.41) is 22.2. The maximum Gasteiger partial charge on any atom is 0.137 e. The van der Waals surface area contributed by atoms with Gasteiger partial charge in [-0.05, 0) is 78.5 Å². The van der Waals surface area contributed by atoms with E-state index in [9.17, 15) is 10.4 Å². The summed E-state index contributed by atoms with van der Waals surface area (Å²) in [4.78, 5) is 0. The summed E-state index contributed by atoms with van der Waals surface area (Å²) >= 11 is 1.84. The Labute approximate surface area is 164 Å². The summed E-state index contributed by atoms with van der Waals surface area (Å²) in [5.41, 5.74) is 6.71. The molecule has 1 aliphatic carbocycles. The van der Waals surface area contributed by atoms with Gasteiger partial charge in [0.15, 0.2) is 0 Å². The summed E-state index contributed by atoms with van der Waals surface area (Å²) in [6.45, 7) is 3.93. The van der Waals surface area contributed by atoms with Crippen LogP contribution < -0.4 is 4.74 Å². The van der Waals surface area contributed by atoms with Crippen molar-refractivity contribution >= 4 is 17.3 Å². The highest BCUT2D eigenvalue weighted by Crippen LogP contribution is 2.49. The highest BCUT2D eigenvalue weighted by Gasteiger charge is 2.28. The Bertz CT molecular complexity index is 942. The minimum absolute atomic E-state index is 0.0455. The van der Waals surface area contributed by atoms with Crippen LogP contribution in [-0.2, 0) is 6.42 Å². The van der Waals surface area contributed by atoms with Crippen LogP contribution in [0.15, 0.2) is 41.8 Å². The number of thioether (sulfide) groups is 1. The number of allylic oxidation sites excluding steroid dienone is 1. The molecule has 0 amide bonds. The lowest BCUT2D eigenvalue weighted by atomic mass is 9.94. The lowest BCUT2D eigenvalue weighted by Gasteiger charge is -2.16. The Morgan fingerprint density at radius 1 is 1.22 bits per heavy atom. The van der Waals surface area contributed by atoms with Gasteiger partial charge in [0.25, 0.3) is 0 Å². The van der Waals surface area contributed by atoms with Crippen molar-refractivity contribution in [3.63, 3.8) is 0 Å². The Balaban J connectivity index is 1.56. The fourth-order valence-electron chi connectivity index (χ4n) is 3.97. The average molecular weight is 378 g/mol. The predicted octanol–water partition coefficient (Wildman–Crippen LogP) is 5.54. The third-order valence-electron chi connectivity index (χ3n) is 5.24. The van der Waals surface area contributed by atoms with Gasteiger partial charge in [0.1, 0.15) is 11.8 Å². The number of rotatable bonds is 4. The van der Waals surface area contributed by atoms with Crippen LogP contribution in [-0.4, -0.2) is 11.2 Å². The van der Waals surface area contributed by atoms with E-state index in [0.717, 1.165) is 30.4 Å². The number of aliphatic hydroxyl groups excluding tert-OH is 1. The zero-order valence-electron chi connectivity index (χ0n) is 15.6. The molecule has 2 aromatic carbocycles. The number of aliphatic hydroxyl groups is 1. The zero-order chi connectivity index (χ0) is 19.0. The third-order valence-corrected chi connectivity index (χ3v) is 6.41. The molecule has 1 aliphatic heterocycles. The van der Waals surface area contributed by atoms with E-state index in [1.54, 1.807) is 0 Å². The molecule has 0 saturated carbocycles. The SMILES string of the molecule is CC(C)Oc1ccc(C2=CSC(c3cccc4c3CCC4O)C2)cc1C#N. The van der Waals surface area contributed by atoms with Gasteiger partial charge in [0.2, 0.25) is 0 Å². The summed E-state index contributed by atoms with van der Waals surface area (Å²) < 4.78 is 5.73. The molecule has 138 valence electrons. The van der Waals surface area contributed by atoms with Crippen LogP contribution in [0.1, 0.15) is 65.9 Å². The van der Waals surface area contributed by atoms with E-state index in [1.807, 2.05) is 43.8 Å². The maximum atomic E-state index is 10.2. The van der Waals surface area contributed by atoms with Crippen LogP contribution in [0.3, 0.4) is 0 Å². The number of hydrogen-bond donors (Lipinski definition) is 1. The van der Waals surface area contributed by atoms with Gasteiger partial charge >= 0.3 is 0 Å². The van der Waals surface area contributed by atoms with Crippen molar-refractivity contribution in [1.82, 2.24) is 0 Å². The lowest BCUT2D eigenvalue weighted by Crippen LogP contribution is -2.07. The summed E-state index contributed by atoms with van der Waals surface area (Å²) in [7, 11) is 0. The number of nitriles is 1. The molecule has 0 aromatic heterocycles. The molecule has 0 saturated heterocycles. The van der Waals surface area contributed by atoms with Gasteiger partial charge in [-0.1, -0.05) is 24.3 Å². The second-order valence-corrected chi connectivity index (χ2v) is 8.51. The van der Waals surface area contributed by atoms with Crippen LogP contribution in [0.5, 0.6) is 5.75 Å². The molecule has 1 N–H and O–H groups in total. The van der Waals surface area contributed by atoms with E-state index in [2.05, 4.69) is 29.7 Å². The smallest absolute Gasteiger partial charge is 0.137 e. The molecule has 27 heavy (non-hydrogen) atoms. The fourth-order valence-corrected chi connectivity index (χ4v) is 5.17. The van der Waals surface area contributed by atoms with E-state index in [4.69, 9.17) is 4.74 Å². The molecule has 3 nitrogen and oxygen atoms in total. The van der Waals surface area contributed by atoms with Crippen LogP contribution in [0, 0.1) is 11.3 Å². The van der Waals surface area contributed by atoms with Crippen molar-refractivity contribution in [3.8, 4) is 11.8 Å². The van der Waals surface area contributed by atoms with Crippen molar-refractivity contribution in [3.05, 3.63) is 69.6 Å². The van der Waals surface area contributed by atoms with E-state index >= 15 is 0 Å². The van der Waals surface area contributed by atoms with Crippen LogP contribution >= 0.6 is 11.8 Å².